The molecule has 0 spiro atoms. The second-order valence-corrected chi connectivity index (χ2v) is 6.68. The molecule has 1 atom stereocenters. The summed E-state index contributed by atoms with van der Waals surface area (Å²) in [5, 5.41) is 15.0. The summed E-state index contributed by atoms with van der Waals surface area (Å²) >= 11 is 0. The number of carbonyl (C=O) groups excluding carboxylic acids is 2. The molecule has 1 aliphatic heterocycles. The van der Waals surface area contributed by atoms with Crippen LogP contribution in [-0.4, -0.2) is 36.5 Å². The van der Waals surface area contributed by atoms with Crippen molar-refractivity contribution in [3.8, 4) is 5.75 Å². The highest BCUT2D eigenvalue weighted by Crippen LogP contribution is 2.24. The summed E-state index contributed by atoms with van der Waals surface area (Å²) in [5.74, 6) is -1.52. The van der Waals surface area contributed by atoms with E-state index in [1.165, 1.54) is 7.11 Å². The van der Waals surface area contributed by atoms with Crippen molar-refractivity contribution in [2.24, 2.45) is 5.92 Å². The Morgan fingerprint density at radius 3 is 2.75 bits per heavy atom. The molecular formula is C21H22N2O5. The Labute approximate surface area is 162 Å². The van der Waals surface area contributed by atoms with Crippen LogP contribution in [0.25, 0.3) is 0 Å². The number of fused-ring (bicyclic) bond motifs is 1. The van der Waals surface area contributed by atoms with Gasteiger partial charge in [-0.25, -0.2) is 0 Å². The van der Waals surface area contributed by atoms with Crippen LogP contribution in [-0.2, 0) is 22.4 Å². The summed E-state index contributed by atoms with van der Waals surface area (Å²) < 4.78 is 5.27. The quantitative estimate of drug-likeness (QED) is 0.681. The molecule has 1 unspecified atom stereocenters. The number of nitrogens with one attached hydrogen (secondary N) is 2. The monoisotopic (exact) mass is 382 g/mol. The molecule has 0 aromatic heterocycles. The van der Waals surface area contributed by atoms with Gasteiger partial charge < -0.3 is 20.5 Å². The van der Waals surface area contributed by atoms with Crippen molar-refractivity contribution in [2.75, 3.05) is 19.0 Å². The molecule has 7 heteroatoms. The van der Waals surface area contributed by atoms with Crippen LogP contribution in [0.3, 0.4) is 0 Å². The number of methoxy groups -OCH3 is 1. The molecule has 0 aliphatic carbocycles. The number of carboxylic acid groups (broad SMARTS) is 1. The lowest BCUT2D eigenvalue weighted by molar-refractivity contribution is -0.141. The summed E-state index contributed by atoms with van der Waals surface area (Å²) in [6.45, 7) is 0.0000356. The molecule has 2 aromatic carbocycles. The fourth-order valence-electron chi connectivity index (χ4n) is 3.23. The summed E-state index contributed by atoms with van der Waals surface area (Å²) in [5.41, 5.74) is 2.83. The average molecular weight is 382 g/mol. The third-order valence-corrected chi connectivity index (χ3v) is 4.78. The molecule has 2 amide bonds. The molecule has 146 valence electrons. The number of rotatable bonds is 7. The predicted molar refractivity (Wildman–Crippen MR) is 104 cm³/mol. The van der Waals surface area contributed by atoms with Crippen molar-refractivity contribution in [3.05, 3.63) is 59.2 Å². The number of para-hydroxylation sites is 1. The van der Waals surface area contributed by atoms with E-state index in [-0.39, 0.29) is 24.8 Å². The van der Waals surface area contributed by atoms with Crippen molar-refractivity contribution >= 4 is 23.5 Å². The van der Waals surface area contributed by atoms with E-state index in [9.17, 15) is 19.5 Å². The van der Waals surface area contributed by atoms with Crippen LogP contribution in [0, 0.1) is 5.92 Å². The van der Waals surface area contributed by atoms with Gasteiger partial charge in [0.05, 0.1) is 13.0 Å². The zero-order valence-electron chi connectivity index (χ0n) is 15.5. The van der Waals surface area contributed by atoms with E-state index >= 15 is 0 Å². The van der Waals surface area contributed by atoms with Crippen molar-refractivity contribution in [3.63, 3.8) is 0 Å². The van der Waals surface area contributed by atoms with E-state index in [0.29, 0.717) is 29.8 Å². The van der Waals surface area contributed by atoms with Crippen LogP contribution in [0.15, 0.2) is 42.5 Å². The minimum absolute atomic E-state index is 0.0000356. The van der Waals surface area contributed by atoms with Crippen LogP contribution in [0.5, 0.6) is 5.75 Å². The van der Waals surface area contributed by atoms with Gasteiger partial charge in [0.15, 0.2) is 0 Å². The molecule has 7 nitrogen and oxygen atoms in total. The van der Waals surface area contributed by atoms with Crippen LogP contribution in [0.4, 0.5) is 5.69 Å². The molecule has 3 N–H and O–H groups in total. The maximum atomic E-state index is 12.5. The number of carbonyl (C=O) groups is 3. The molecule has 3 rings (SSSR count). The Morgan fingerprint density at radius 2 is 2.00 bits per heavy atom. The highest BCUT2D eigenvalue weighted by atomic mass is 16.5. The summed E-state index contributed by atoms with van der Waals surface area (Å²) in [6.07, 6.45) is 1.21. The van der Waals surface area contributed by atoms with E-state index < -0.39 is 11.9 Å². The molecule has 2 aromatic rings. The molecule has 0 fully saturated rings. The van der Waals surface area contributed by atoms with Crippen molar-refractivity contribution in [1.82, 2.24) is 5.32 Å². The van der Waals surface area contributed by atoms with E-state index in [2.05, 4.69) is 10.6 Å². The fourth-order valence-corrected chi connectivity index (χ4v) is 3.23. The van der Waals surface area contributed by atoms with Gasteiger partial charge in [0.25, 0.3) is 5.91 Å². The first-order valence-corrected chi connectivity index (χ1v) is 9.03. The number of aliphatic carboxylic acids is 1. The van der Waals surface area contributed by atoms with Crippen LogP contribution in [0.2, 0.25) is 0 Å². The number of hydrogen-bond acceptors (Lipinski definition) is 4. The molecule has 0 radical (unpaired) electrons. The molecule has 1 aliphatic rings. The van der Waals surface area contributed by atoms with Gasteiger partial charge in [-0.05, 0) is 48.2 Å². The second-order valence-electron chi connectivity index (χ2n) is 6.68. The highest BCUT2D eigenvalue weighted by molar-refractivity contribution is 5.98. The lowest BCUT2D eigenvalue weighted by Crippen LogP contribution is -2.34. The summed E-state index contributed by atoms with van der Waals surface area (Å²) in [4.78, 5) is 35.6. The van der Waals surface area contributed by atoms with E-state index in [0.717, 1.165) is 11.1 Å². The number of ether oxygens (including phenoxy) is 1. The molecule has 0 saturated carbocycles. The zero-order chi connectivity index (χ0) is 20.1. The normalized spacial score (nSPS) is 13.8. The van der Waals surface area contributed by atoms with E-state index in [4.69, 9.17) is 4.74 Å². The zero-order valence-corrected chi connectivity index (χ0v) is 15.5. The second kappa shape index (κ2) is 8.56. The minimum atomic E-state index is -0.987. The van der Waals surface area contributed by atoms with Gasteiger partial charge in [0, 0.05) is 24.2 Å². The Bertz CT molecular complexity index is 909. The van der Waals surface area contributed by atoms with Crippen LogP contribution < -0.4 is 15.4 Å². The number of aryl methyl sites for hydroxylation is 1. The maximum absolute atomic E-state index is 12.5. The first kappa shape index (κ1) is 19.4. The van der Waals surface area contributed by atoms with Gasteiger partial charge in [-0.15, -0.1) is 0 Å². The van der Waals surface area contributed by atoms with Gasteiger partial charge in [-0.2, -0.15) is 0 Å². The lowest BCUT2D eigenvalue weighted by atomic mass is 9.98. The Kier molecular flexibility index (Phi) is 5.93. The third kappa shape index (κ3) is 4.49. The molecular weight excluding hydrogens is 360 g/mol. The molecule has 28 heavy (non-hydrogen) atoms. The number of carboxylic acids is 1. The van der Waals surface area contributed by atoms with Gasteiger partial charge in [-0.3, -0.25) is 14.4 Å². The van der Waals surface area contributed by atoms with Crippen LogP contribution in [0.1, 0.15) is 27.9 Å². The molecule has 0 bridgehead atoms. The first-order chi connectivity index (χ1) is 13.5. The van der Waals surface area contributed by atoms with Gasteiger partial charge >= 0.3 is 5.97 Å². The minimum Gasteiger partial charge on any atom is -0.496 e. The predicted octanol–water partition coefficient (Wildman–Crippen LogP) is 2.25. The lowest BCUT2D eigenvalue weighted by Gasteiger charge is -2.18. The SMILES string of the molecule is COc1ccccc1CC(CNC(=O)c1ccc2c(c1)CCC(=O)N2)C(=O)O. The Balaban J connectivity index is 1.66. The number of amides is 2. The van der Waals surface area contributed by atoms with E-state index in [1.54, 1.807) is 24.3 Å². The first-order valence-electron chi connectivity index (χ1n) is 9.03. The molecule has 1 heterocycles. The topological polar surface area (TPSA) is 105 Å². The third-order valence-electron chi connectivity index (χ3n) is 4.78. The van der Waals surface area contributed by atoms with Gasteiger partial charge in [0.1, 0.15) is 5.75 Å². The fraction of sp³-hybridized carbons (Fsp3) is 0.286. The van der Waals surface area contributed by atoms with E-state index in [1.807, 2.05) is 18.2 Å². The maximum Gasteiger partial charge on any atom is 0.308 e. The van der Waals surface area contributed by atoms with Crippen molar-refractivity contribution in [2.45, 2.75) is 19.3 Å². The van der Waals surface area contributed by atoms with Gasteiger partial charge in [-0.1, -0.05) is 18.2 Å². The summed E-state index contributed by atoms with van der Waals surface area (Å²) in [7, 11) is 1.54. The Hall–Kier alpha value is -3.35. The van der Waals surface area contributed by atoms with Crippen molar-refractivity contribution in [1.29, 1.82) is 0 Å². The smallest absolute Gasteiger partial charge is 0.308 e. The highest BCUT2D eigenvalue weighted by Gasteiger charge is 2.22. The van der Waals surface area contributed by atoms with Crippen molar-refractivity contribution < 1.29 is 24.2 Å². The van der Waals surface area contributed by atoms with Crippen LogP contribution >= 0.6 is 0 Å². The number of hydrogen-bond donors (Lipinski definition) is 3. The molecule has 0 saturated heterocycles. The number of anilines is 1. The Morgan fingerprint density at radius 1 is 1.21 bits per heavy atom. The van der Waals surface area contributed by atoms with Gasteiger partial charge in [0.2, 0.25) is 5.91 Å². The largest absolute Gasteiger partial charge is 0.496 e. The average Bonchev–Trinajstić information content (AvgIpc) is 2.70. The summed E-state index contributed by atoms with van der Waals surface area (Å²) in [6, 6.07) is 12.3. The standard InChI is InChI=1S/C21H22N2O5/c1-28-18-5-3-2-4-14(18)11-16(21(26)27)12-22-20(25)15-6-8-17-13(10-15)7-9-19(24)23-17/h2-6,8,10,16H,7,9,11-12H2,1H3,(H,22,25)(H,23,24)(H,26,27). The number of benzene rings is 2.